The number of rotatable bonds is 7. The molecule has 1 aromatic heterocycles. The van der Waals surface area contributed by atoms with Crippen LogP contribution >= 0.6 is 0 Å². The second-order valence-corrected chi connectivity index (χ2v) is 8.44. The van der Waals surface area contributed by atoms with Gasteiger partial charge in [-0.3, -0.25) is 4.72 Å². The van der Waals surface area contributed by atoms with Crippen LogP contribution in [-0.2, 0) is 28.7 Å². The largest absolute Gasteiger partial charge is 0.330 e. The van der Waals surface area contributed by atoms with E-state index in [1.54, 1.807) is 0 Å². The summed E-state index contributed by atoms with van der Waals surface area (Å²) in [6, 6.07) is 24.8. The molecule has 0 saturated heterocycles. The van der Waals surface area contributed by atoms with Crippen LogP contribution in [0.15, 0.2) is 85.2 Å². The van der Waals surface area contributed by atoms with Crippen LogP contribution in [0.3, 0.4) is 0 Å². The van der Waals surface area contributed by atoms with Gasteiger partial charge in [-0.25, -0.2) is 13.4 Å². The van der Waals surface area contributed by atoms with E-state index in [9.17, 15) is 8.42 Å². The highest BCUT2D eigenvalue weighted by molar-refractivity contribution is 7.91. The number of fused-ring (bicyclic) bond motifs is 1. The number of hydrogen-bond donors (Lipinski definition) is 1. The Bertz CT molecular complexity index is 1170. The molecule has 5 nitrogen and oxygen atoms in total. The van der Waals surface area contributed by atoms with Crippen LogP contribution in [0.2, 0.25) is 0 Å². The Hall–Kier alpha value is -3.12. The van der Waals surface area contributed by atoms with E-state index in [4.69, 9.17) is 0 Å². The van der Waals surface area contributed by atoms with E-state index in [0.29, 0.717) is 5.69 Å². The molecule has 0 saturated carbocycles. The van der Waals surface area contributed by atoms with Crippen LogP contribution in [-0.4, -0.2) is 18.0 Å². The maximum absolute atomic E-state index is 12.3. The van der Waals surface area contributed by atoms with Crippen LogP contribution in [0.4, 0.5) is 5.69 Å². The molecule has 0 amide bonds. The normalized spacial score (nSPS) is 11.6. The maximum atomic E-state index is 12.3. The number of aromatic nitrogens is 2. The molecule has 142 valence electrons. The quantitative estimate of drug-likeness (QED) is 0.513. The predicted molar refractivity (Wildman–Crippen MR) is 113 cm³/mol. The lowest BCUT2D eigenvalue weighted by molar-refractivity contribution is 0.600. The van der Waals surface area contributed by atoms with Crippen molar-refractivity contribution in [3.05, 3.63) is 96.3 Å². The number of benzene rings is 3. The molecule has 0 radical (unpaired) electrons. The molecule has 3 aromatic carbocycles. The van der Waals surface area contributed by atoms with Crippen molar-refractivity contribution in [1.29, 1.82) is 0 Å². The van der Waals surface area contributed by atoms with Gasteiger partial charge in [0.05, 0.1) is 23.1 Å². The summed E-state index contributed by atoms with van der Waals surface area (Å²) < 4.78 is 29.5. The molecule has 0 spiro atoms. The number of hydrogen-bond acceptors (Lipinski definition) is 3. The Morgan fingerprint density at radius 1 is 0.821 bits per heavy atom. The van der Waals surface area contributed by atoms with Crippen LogP contribution in [0.5, 0.6) is 0 Å². The summed E-state index contributed by atoms with van der Waals surface area (Å²) >= 11 is 0. The fourth-order valence-corrected chi connectivity index (χ4v) is 4.39. The third-order valence-corrected chi connectivity index (χ3v) is 5.86. The van der Waals surface area contributed by atoms with Gasteiger partial charge in [0.1, 0.15) is 0 Å². The monoisotopic (exact) mass is 391 g/mol. The van der Waals surface area contributed by atoms with E-state index in [1.807, 2.05) is 79.1 Å². The van der Waals surface area contributed by atoms with E-state index >= 15 is 0 Å². The van der Waals surface area contributed by atoms with Gasteiger partial charge in [-0.2, -0.15) is 0 Å². The number of nitrogens with zero attached hydrogens (tertiary/aromatic N) is 2. The molecular weight excluding hydrogens is 370 g/mol. The van der Waals surface area contributed by atoms with Gasteiger partial charge in [0.15, 0.2) is 0 Å². The summed E-state index contributed by atoms with van der Waals surface area (Å²) in [7, 11) is -3.43. The van der Waals surface area contributed by atoms with Crippen molar-refractivity contribution in [1.82, 2.24) is 9.55 Å². The Kier molecular flexibility index (Phi) is 5.12. The molecule has 0 unspecified atom stereocenters. The summed E-state index contributed by atoms with van der Waals surface area (Å²) in [6.07, 6.45) is 2.70. The molecule has 0 aliphatic rings. The Morgan fingerprint density at radius 3 is 2.32 bits per heavy atom. The number of para-hydroxylation sites is 2. The Balaban J connectivity index is 1.38. The highest BCUT2D eigenvalue weighted by Gasteiger charge is 2.11. The molecule has 0 aliphatic carbocycles. The first-order chi connectivity index (χ1) is 13.6. The number of imidazole rings is 1. The molecule has 1 heterocycles. The maximum Gasteiger partial charge on any atom is 0.236 e. The van der Waals surface area contributed by atoms with Crippen LogP contribution in [0.25, 0.3) is 11.0 Å². The van der Waals surface area contributed by atoms with Crippen molar-refractivity contribution in [3.8, 4) is 0 Å². The van der Waals surface area contributed by atoms with Gasteiger partial charge >= 0.3 is 0 Å². The zero-order valence-corrected chi connectivity index (χ0v) is 16.1. The van der Waals surface area contributed by atoms with Crippen molar-refractivity contribution < 1.29 is 8.42 Å². The van der Waals surface area contributed by atoms with Crippen LogP contribution < -0.4 is 4.72 Å². The first kappa shape index (κ1) is 18.3. The molecule has 28 heavy (non-hydrogen) atoms. The van der Waals surface area contributed by atoms with Crippen molar-refractivity contribution in [2.45, 2.75) is 18.7 Å². The molecule has 4 aromatic rings. The molecule has 1 N–H and O–H groups in total. The molecule has 0 bridgehead atoms. The molecule has 0 fully saturated rings. The average molecular weight is 391 g/mol. The molecular formula is C22H21N3O2S. The predicted octanol–water partition coefficient (Wildman–Crippen LogP) is 4.22. The minimum absolute atomic E-state index is 0.0384. The second-order valence-electron chi connectivity index (χ2n) is 6.72. The van der Waals surface area contributed by atoms with E-state index in [1.165, 1.54) is 0 Å². The SMILES string of the molecule is O=S(=O)(Cc1ccccc1)Nc1ccc(CCn2cnc3ccccc32)cc1. The van der Waals surface area contributed by atoms with Crippen molar-refractivity contribution in [2.24, 2.45) is 0 Å². The van der Waals surface area contributed by atoms with E-state index in [0.717, 1.165) is 35.1 Å². The minimum atomic E-state index is -3.43. The van der Waals surface area contributed by atoms with Gasteiger partial charge in [-0.15, -0.1) is 0 Å². The lowest BCUT2D eigenvalue weighted by atomic mass is 10.1. The Morgan fingerprint density at radius 2 is 1.54 bits per heavy atom. The van der Waals surface area contributed by atoms with Gasteiger partial charge in [0.2, 0.25) is 10.0 Å². The fourth-order valence-electron chi connectivity index (χ4n) is 3.19. The summed E-state index contributed by atoms with van der Waals surface area (Å²) in [5.74, 6) is -0.0384. The van der Waals surface area contributed by atoms with Crippen LogP contribution in [0.1, 0.15) is 11.1 Å². The lowest BCUT2D eigenvalue weighted by Crippen LogP contribution is -2.15. The molecule has 6 heteroatoms. The third-order valence-electron chi connectivity index (χ3n) is 4.60. The number of aryl methyl sites for hydroxylation is 2. The zero-order chi connectivity index (χ0) is 19.4. The fraction of sp³-hybridized carbons (Fsp3) is 0.136. The number of sulfonamides is 1. The highest BCUT2D eigenvalue weighted by Crippen LogP contribution is 2.16. The van der Waals surface area contributed by atoms with Crippen molar-refractivity contribution in [3.63, 3.8) is 0 Å². The van der Waals surface area contributed by atoms with Gasteiger partial charge in [-0.05, 0) is 41.8 Å². The van der Waals surface area contributed by atoms with Gasteiger partial charge < -0.3 is 4.57 Å². The van der Waals surface area contributed by atoms with Gasteiger partial charge in [-0.1, -0.05) is 54.6 Å². The topological polar surface area (TPSA) is 64.0 Å². The van der Waals surface area contributed by atoms with Gasteiger partial charge in [0.25, 0.3) is 0 Å². The van der Waals surface area contributed by atoms with Gasteiger partial charge in [0, 0.05) is 12.2 Å². The molecule has 0 aliphatic heterocycles. The van der Waals surface area contributed by atoms with E-state index < -0.39 is 10.0 Å². The summed E-state index contributed by atoms with van der Waals surface area (Å²) in [6.45, 7) is 0.819. The first-order valence-electron chi connectivity index (χ1n) is 9.12. The lowest BCUT2D eigenvalue weighted by Gasteiger charge is -2.09. The minimum Gasteiger partial charge on any atom is -0.330 e. The second kappa shape index (κ2) is 7.86. The highest BCUT2D eigenvalue weighted by atomic mass is 32.2. The van der Waals surface area contributed by atoms with E-state index in [2.05, 4.69) is 20.3 Å². The standard InChI is InChI=1S/C22H21N3O2S/c26-28(27,16-19-6-2-1-3-7-19)24-20-12-10-18(11-13-20)14-15-25-17-23-21-8-4-5-9-22(21)25/h1-13,17,24H,14-16H2. The Labute approximate surface area is 164 Å². The first-order valence-corrected chi connectivity index (χ1v) is 10.8. The van der Waals surface area contributed by atoms with Crippen molar-refractivity contribution in [2.75, 3.05) is 4.72 Å². The smallest absolute Gasteiger partial charge is 0.236 e. The molecule has 0 atom stereocenters. The van der Waals surface area contributed by atoms with Crippen molar-refractivity contribution >= 4 is 26.7 Å². The summed E-state index contributed by atoms with van der Waals surface area (Å²) in [5.41, 5.74) is 4.59. The summed E-state index contributed by atoms with van der Waals surface area (Å²) in [4.78, 5) is 4.41. The average Bonchev–Trinajstić information content (AvgIpc) is 3.11. The number of nitrogens with one attached hydrogen (secondary N) is 1. The third kappa shape index (κ3) is 4.40. The zero-order valence-electron chi connectivity index (χ0n) is 15.3. The molecule has 4 rings (SSSR count). The summed E-state index contributed by atoms with van der Waals surface area (Å²) in [5, 5.41) is 0. The number of anilines is 1. The van der Waals surface area contributed by atoms with E-state index in [-0.39, 0.29) is 5.75 Å². The van der Waals surface area contributed by atoms with Crippen LogP contribution in [0, 0.1) is 0 Å².